The van der Waals surface area contributed by atoms with Gasteiger partial charge in [0, 0.05) is 22.5 Å². The van der Waals surface area contributed by atoms with Crippen LogP contribution in [-0.4, -0.2) is 56.6 Å². The van der Waals surface area contributed by atoms with Gasteiger partial charge in [-0.1, -0.05) is 35.9 Å². The fourth-order valence-corrected chi connectivity index (χ4v) is 6.19. The summed E-state index contributed by atoms with van der Waals surface area (Å²) in [5.74, 6) is -0.599. The summed E-state index contributed by atoms with van der Waals surface area (Å²) < 4.78 is 35.0. The fourth-order valence-electron chi connectivity index (χ4n) is 4.15. The lowest BCUT2D eigenvalue weighted by atomic mass is 10.1. The molecule has 1 N–H and O–H groups in total. The van der Waals surface area contributed by atoms with Crippen molar-refractivity contribution in [3.05, 3.63) is 83.4 Å². The van der Waals surface area contributed by atoms with Gasteiger partial charge in [0.1, 0.15) is 18.3 Å². The van der Waals surface area contributed by atoms with E-state index in [0.29, 0.717) is 22.9 Å². The van der Waals surface area contributed by atoms with Crippen molar-refractivity contribution in [1.29, 1.82) is 0 Å². The molecule has 3 aromatic rings. The van der Waals surface area contributed by atoms with E-state index >= 15 is 0 Å². The molecule has 0 heterocycles. The number of sulfonamides is 1. The van der Waals surface area contributed by atoms with Gasteiger partial charge in [0.25, 0.3) is 10.0 Å². The van der Waals surface area contributed by atoms with Crippen molar-refractivity contribution in [2.75, 3.05) is 23.7 Å². The number of benzene rings is 3. The molecule has 1 atom stereocenters. The fraction of sp³-hybridized carbons (Fsp3) is 0.333. The first-order valence-electron chi connectivity index (χ1n) is 13.2. The molecule has 8 nitrogen and oxygen atoms in total. The van der Waals surface area contributed by atoms with Gasteiger partial charge in [-0.05, 0) is 88.0 Å². The summed E-state index contributed by atoms with van der Waals surface area (Å²) >= 11 is 7.69. The zero-order valence-electron chi connectivity index (χ0n) is 23.8. The summed E-state index contributed by atoms with van der Waals surface area (Å²) in [5, 5.41) is 3.32. The molecule has 0 radical (unpaired) electrons. The highest BCUT2D eigenvalue weighted by atomic mass is 35.5. The number of anilines is 1. The molecular weight excluding hydrogens is 582 g/mol. The Labute approximate surface area is 252 Å². The number of rotatable bonds is 13. The van der Waals surface area contributed by atoms with Gasteiger partial charge >= 0.3 is 0 Å². The van der Waals surface area contributed by atoms with Crippen LogP contribution in [0.1, 0.15) is 33.3 Å². The van der Waals surface area contributed by atoms with Crippen molar-refractivity contribution in [3.8, 4) is 5.75 Å². The molecule has 3 rings (SSSR count). The Morgan fingerprint density at radius 3 is 2.29 bits per heavy atom. The van der Waals surface area contributed by atoms with E-state index in [4.69, 9.17) is 16.3 Å². The van der Waals surface area contributed by atoms with E-state index in [2.05, 4.69) is 5.32 Å². The second kappa shape index (κ2) is 14.6. The molecule has 0 aliphatic carbocycles. The van der Waals surface area contributed by atoms with Crippen LogP contribution in [-0.2, 0) is 26.2 Å². The largest absolute Gasteiger partial charge is 0.492 e. The molecular formula is C30H36ClN3O5S2. The number of carbonyl (C=O) groups is 2. The van der Waals surface area contributed by atoms with Crippen molar-refractivity contribution in [3.63, 3.8) is 0 Å². The molecule has 1 unspecified atom stereocenters. The van der Waals surface area contributed by atoms with Gasteiger partial charge in [-0.15, -0.1) is 11.8 Å². The summed E-state index contributed by atoms with van der Waals surface area (Å²) in [5.41, 5.74) is 0.922. The van der Waals surface area contributed by atoms with Crippen molar-refractivity contribution < 1.29 is 22.7 Å². The number of ether oxygens (including phenoxy) is 1. The van der Waals surface area contributed by atoms with Crippen molar-refractivity contribution in [2.24, 2.45) is 0 Å². The van der Waals surface area contributed by atoms with Crippen LogP contribution in [0, 0.1) is 0 Å². The molecule has 220 valence electrons. The van der Waals surface area contributed by atoms with Gasteiger partial charge < -0.3 is 15.0 Å². The first-order valence-corrected chi connectivity index (χ1v) is 16.2. The summed E-state index contributed by atoms with van der Waals surface area (Å²) in [6, 6.07) is 19.1. The maximum atomic E-state index is 14.1. The summed E-state index contributed by atoms with van der Waals surface area (Å²) in [6.45, 7) is 6.86. The Balaban J connectivity index is 2.09. The maximum absolute atomic E-state index is 14.1. The number of thioether (sulfide) groups is 1. The molecule has 0 aliphatic heterocycles. The monoisotopic (exact) mass is 617 g/mol. The highest BCUT2D eigenvalue weighted by molar-refractivity contribution is 7.98. The predicted octanol–water partition coefficient (Wildman–Crippen LogP) is 5.60. The number of nitrogens with zero attached hydrogens (tertiary/aromatic N) is 2. The van der Waals surface area contributed by atoms with Crippen LogP contribution in [0.4, 0.5) is 5.69 Å². The van der Waals surface area contributed by atoms with E-state index in [0.717, 1.165) is 9.20 Å². The maximum Gasteiger partial charge on any atom is 0.264 e. The predicted molar refractivity (Wildman–Crippen MR) is 165 cm³/mol. The summed E-state index contributed by atoms with van der Waals surface area (Å²) in [7, 11) is -4.22. The van der Waals surface area contributed by atoms with Crippen LogP contribution < -0.4 is 14.4 Å². The Kier molecular flexibility index (Phi) is 11.5. The molecule has 0 bridgehead atoms. The second-order valence-electron chi connectivity index (χ2n) is 9.58. The van der Waals surface area contributed by atoms with Crippen LogP contribution in [0.25, 0.3) is 0 Å². The standard InChI is InChI=1S/C30H36ClN3O5S2/c1-6-39-28-13-8-7-12-27(28)34(41(37,38)26-16-14-25(40-5)15-17-26)20-29(35)33(22(4)30(36)32-21(2)3)19-23-10-9-11-24(31)18-23/h7-18,21-22H,6,19-20H2,1-5H3,(H,32,36). The Morgan fingerprint density at radius 2 is 1.68 bits per heavy atom. The molecule has 3 aromatic carbocycles. The molecule has 0 saturated heterocycles. The van der Waals surface area contributed by atoms with E-state index in [1.54, 1.807) is 74.5 Å². The molecule has 0 spiro atoms. The van der Waals surface area contributed by atoms with E-state index < -0.39 is 28.5 Å². The average Bonchev–Trinajstić information content (AvgIpc) is 2.94. The van der Waals surface area contributed by atoms with E-state index in [1.807, 2.05) is 20.1 Å². The molecule has 0 aromatic heterocycles. The average molecular weight is 618 g/mol. The smallest absolute Gasteiger partial charge is 0.264 e. The lowest BCUT2D eigenvalue weighted by molar-refractivity contribution is -0.139. The first-order chi connectivity index (χ1) is 19.5. The number of halogens is 1. The molecule has 11 heteroatoms. The zero-order chi connectivity index (χ0) is 30.2. The van der Waals surface area contributed by atoms with Crippen molar-refractivity contribution in [1.82, 2.24) is 10.2 Å². The Hall–Kier alpha value is -3.21. The van der Waals surface area contributed by atoms with E-state index in [1.165, 1.54) is 28.8 Å². The SMILES string of the molecule is CCOc1ccccc1N(CC(=O)N(Cc1cccc(Cl)c1)C(C)C(=O)NC(C)C)S(=O)(=O)c1ccc(SC)cc1. The minimum absolute atomic E-state index is 0.0291. The van der Waals surface area contributed by atoms with Gasteiger partial charge in [-0.25, -0.2) is 8.42 Å². The van der Waals surface area contributed by atoms with Crippen LogP contribution >= 0.6 is 23.4 Å². The number of amides is 2. The number of carbonyl (C=O) groups excluding carboxylic acids is 2. The van der Waals surface area contributed by atoms with Crippen molar-refractivity contribution >= 4 is 50.9 Å². The lowest BCUT2D eigenvalue weighted by Gasteiger charge is -2.32. The normalized spacial score (nSPS) is 12.1. The zero-order valence-corrected chi connectivity index (χ0v) is 26.2. The van der Waals surface area contributed by atoms with Crippen molar-refractivity contribution in [2.45, 2.75) is 56.1 Å². The molecule has 2 amide bonds. The highest BCUT2D eigenvalue weighted by Gasteiger charge is 2.34. The topological polar surface area (TPSA) is 96.0 Å². The van der Waals surface area contributed by atoms with Crippen LogP contribution in [0.15, 0.2) is 82.6 Å². The third kappa shape index (κ3) is 8.40. The quantitative estimate of drug-likeness (QED) is 0.251. The number of para-hydroxylation sites is 2. The molecule has 0 aliphatic rings. The Morgan fingerprint density at radius 1 is 1.00 bits per heavy atom. The molecule has 41 heavy (non-hydrogen) atoms. The van der Waals surface area contributed by atoms with Gasteiger partial charge in [-0.3, -0.25) is 13.9 Å². The summed E-state index contributed by atoms with van der Waals surface area (Å²) in [4.78, 5) is 29.4. The first kappa shape index (κ1) is 32.3. The van der Waals surface area contributed by atoms with Crippen LogP contribution in [0.2, 0.25) is 5.02 Å². The Bertz CT molecular complexity index is 1450. The molecule has 0 fully saturated rings. The van der Waals surface area contributed by atoms with E-state index in [-0.39, 0.29) is 29.1 Å². The number of nitrogens with one attached hydrogen (secondary N) is 1. The third-order valence-corrected chi connectivity index (χ3v) is 8.95. The summed E-state index contributed by atoms with van der Waals surface area (Å²) in [6.07, 6.45) is 1.90. The van der Waals surface area contributed by atoms with E-state index in [9.17, 15) is 18.0 Å². The number of hydrogen-bond donors (Lipinski definition) is 1. The van der Waals surface area contributed by atoms with Gasteiger partial charge in [0.15, 0.2) is 0 Å². The van der Waals surface area contributed by atoms with Crippen LogP contribution in [0.5, 0.6) is 5.75 Å². The number of hydrogen-bond acceptors (Lipinski definition) is 6. The van der Waals surface area contributed by atoms with Gasteiger partial charge in [-0.2, -0.15) is 0 Å². The van der Waals surface area contributed by atoms with Crippen LogP contribution in [0.3, 0.4) is 0 Å². The molecule has 0 saturated carbocycles. The second-order valence-corrected chi connectivity index (χ2v) is 12.8. The minimum atomic E-state index is -4.22. The van der Waals surface area contributed by atoms with Gasteiger partial charge in [0.2, 0.25) is 11.8 Å². The third-order valence-electron chi connectivity index (χ3n) is 6.20. The minimum Gasteiger partial charge on any atom is -0.492 e. The lowest BCUT2D eigenvalue weighted by Crippen LogP contribution is -2.52. The highest BCUT2D eigenvalue weighted by Crippen LogP contribution is 2.33. The van der Waals surface area contributed by atoms with Gasteiger partial charge in [0.05, 0.1) is 17.2 Å².